The van der Waals surface area contributed by atoms with Crippen molar-refractivity contribution in [3.63, 3.8) is 0 Å². The van der Waals surface area contributed by atoms with E-state index in [1.807, 2.05) is 0 Å². The molecule has 0 saturated heterocycles. The highest BCUT2D eigenvalue weighted by atomic mass is 35.5. The molecule has 1 atom stereocenters. The van der Waals surface area contributed by atoms with Crippen LogP contribution in [0.15, 0.2) is 24.3 Å². The van der Waals surface area contributed by atoms with Gasteiger partial charge in [0.2, 0.25) is 0 Å². The van der Waals surface area contributed by atoms with Crippen molar-refractivity contribution in [1.82, 2.24) is 0 Å². The van der Waals surface area contributed by atoms with Crippen molar-refractivity contribution in [2.75, 3.05) is 4.90 Å². The Morgan fingerprint density at radius 3 is 2.29 bits per heavy atom. The fourth-order valence-corrected chi connectivity index (χ4v) is 1.39. The lowest BCUT2D eigenvalue weighted by atomic mass is 10.3. The van der Waals surface area contributed by atoms with Gasteiger partial charge in [0.1, 0.15) is 5.50 Å². The van der Waals surface area contributed by atoms with Crippen LogP contribution in [0.2, 0.25) is 5.02 Å². The van der Waals surface area contributed by atoms with Gasteiger partial charge in [-0.05, 0) is 31.2 Å². The second-order valence-electron chi connectivity index (χ2n) is 2.70. The minimum Gasteiger partial charge on any atom is -0.465 e. The Balaban J connectivity index is 3.00. The van der Waals surface area contributed by atoms with Crippen molar-refractivity contribution in [3.05, 3.63) is 29.3 Å². The molecule has 1 N–H and O–H groups in total. The van der Waals surface area contributed by atoms with E-state index in [4.69, 9.17) is 28.3 Å². The fraction of sp³-hybridized carbons (Fsp3) is 0.222. The molecule has 0 saturated carbocycles. The zero-order valence-corrected chi connectivity index (χ0v) is 8.96. The van der Waals surface area contributed by atoms with E-state index in [-0.39, 0.29) is 0 Å². The third-order valence-electron chi connectivity index (χ3n) is 1.67. The molecule has 5 heteroatoms. The number of hydrogen-bond acceptors (Lipinski definition) is 1. The van der Waals surface area contributed by atoms with E-state index in [0.717, 1.165) is 4.90 Å². The van der Waals surface area contributed by atoms with Gasteiger partial charge in [-0.2, -0.15) is 0 Å². The SMILES string of the molecule is CC(Cl)N(C(=O)O)c1ccc(Cl)cc1. The van der Waals surface area contributed by atoms with Gasteiger partial charge in [-0.25, -0.2) is 4.79 Å². The Labute approximate surface area is 91.8 Å². The van der Waals surface area contributed by atoms with Crippen molar-refractivity contribution < 1.29 is 9.90 Å². The smallest absolute Gasteiger partial charge is 0.413 e. The minimum atomic E-state index is -1.09. The Bertz CT molecular complexity index is 324. The van der Waals surface area contributed by atoms with Gasteiger partial charge in [0, 0.05) is 10.7 Å². The standard InChI is InChI=1S/C9H9Cl2NO2/c1-6(10)12(9(13)14)8-4-2-7(11)3-5-8/h2-6H,1H3,(H,13,14). The largest absolute Gasteiger partial charge is 0.465 e. The van der Waals surface area contributed by atoms with E-state index in [0.29, 0.717) is 10.7 Å². The normalized spacial score (nSPS) is 12.2. The molecule has 0 aliphatic rings. The summed E-state index contributed by atoms with van der Waals surface area (Å²) in [6.45, 7) is 1.59. The van der Waals surface area contributed by atoms with Crippen molar-refractivity contribution in [3.8, 4) is 0 Å². The molecule has 0 aliphatic carbocycles. The van der Waals surface area contributed by atoms with Gasteiger partial charge in [0.25, 0.3) is 0 Å². The number of halogens is 2. The lowest BCUT2D eigenvalue weighted by Gasteiger charge is -2.21. The minimum absolute atomic E-state index is 0.504. The van der Waals surface area contributed by atoms with E-state index < -0.39 is 11.6 Å². The summed E-state index contributed by atoms with van der Waals surface area (Å²) in [6, 6.07) is 6.45. The molecule has 1 amide bonds. The molecule has 76 valence electrons. The number of alkyl halides is 1. The number of benzene rings is 1. The molecule has 0 fully saturated rings. The zero-order valence-electron chi connectivity index (χ0n) is 7.45. The van der Waals surface area contributed by atoms with Crippen LogP contribution in [-0.4, -0.2) is 16.7 Å². The highest BCUT2D eigenvalue weighted by molar-refractivity contribution is 6.30. The van der Waals surface area contributed by atoms with Crippen molar-refractivity contribution in [1.29, 1.82) is 0 Å². The second kappa shape index (κ2) is 4.53. The number of amides is 1. The molecule has 0 spiro atoms. The van der Waals surface area contributed by atoms with Crippen LogP contribution >= 0.6 is 23.2 Å². The van der Waals surface area contributed by atoms with Crippen molar-refractivity contribution >= 4 is 35.0 Å². The number of anilines is 1. The van der Waals surface area contributed by atoms with Gasteiger partial charge in [0.05, 0.1) is 0 Å². The van der Waals surface area contributed by atoms with Gasteiger partial charge in [-0.1, -0.05) is 23.2 Å². The first-order valence-electron chi connectivity index (χ1n) is 3.94. The van der Waals surface area contributed by atoms with Crippen LogP contribution in [0, 0.1) is 0 Å². The monoisotopic (exact) mass is 233 g/mol. The quantitative estimate of drug-likeness (QED) is 0.629. The summed E-state index contributed by atoms with van der Waals surface area (Å²) in [5.41, 5.74) is -0.113. The van der Waals surface area contributed by atoms with Crippen LogP contribution in [-0.2, 0) is 0 Å². The summed E-state index contributed by atoms with van der Waals surface area (Å²) < 4.78 is 0. The summed E-state index contributed by atoms with van der Waals surface area (Å²) in [7, 11) is 0. The summed E-state index contributed by atoms with van der Waals surface area (Å²) in [5.74, 6) is 0. The molecule has 3 nitrogen and oxygen atoms in total. The van der Waals surface area contributed by atoms with Crippen LogP contribution in [0.1, 0.15) is 6.92 Å². The number of hydrogen-bond donors (Lipinski definition) is 1. The first-order chi connectivity index (χ1) is 6.52. The Kier molecular flexibility index (Phi) is 3.61. The second-order valence-corrected chi connectivity index (χ2v) is 3.77. The van der Waals surface area contributed by atoms with Gasteiger partial charge in [0.15, 0.2) is 0 Å². The number of rotatable bonds is 2. The Hall–Kier alpha value is -0.930. The summed E-state index contributed by atoms with van der Waals surface area (Å²) >= 11 is 11.4. The maximum absolute atomic E-state index is 10.8. The van der Waals surface area contributed by atoms with Crippen LogP contribution in [0.5, 0.6) is 0 Å². The third-order valence-corrected chi connectivity index (χ3v) is 2.11. The summed E-state index contributed by atoms with van der Waals surface area (Å²) in [6.07, 6.45) is -1.09. The molecule has 1 aromatic carbocycles. The average molecular weight is 234 g/mol. The average Bonchev–Trinajstić information content (AvgIpc) is 2.07. The Morgan fingerprint density at radius 1 is 1.43 bits per heavy atom. The maximum atomic E-state index is 10.8. The van der Waals surface area contributed by atoms with Crippen LogP contribution in [0.4, 0.5) is 10.5 Å². The first-order valence-corrected chi connectivity index (χ1v) is 4.75. The Morgan fingerprint density at radius 2 is 1.93 bits per heavy atom. The molecular weight excluding hydrogens is 225 g/mol. The molecule has 1 unspecified atom stereocenters. The summed E-state index contributed by atoms with van der Waals surface area (Å²) in [4.78, 5) is 11.9. The zero-order chi connectivity index (χ0) is 10.7. The lowest BCUT2D eigenvalue weighted by Crippen LogP contribution is -2.34. The van der Waals surface area contributed by atoms with Crippen molar-refractivity contribution in [2.24, 2.45) is 0 Å². The first kappa shape index (κ1) is 11.1. The predicted octanol–water partition coefficient (Wildman–Crippen LogP) is 3.41. The number of carbonyl (C=O) groups is 1. The molecule has 0 heterocycles. The van der Waals surface area contributed by atoms with Crippen LogP contribution < -0.4 is 4.90 Å². The predicted molar refractivity (Wildman–Crippen MR) is 57.3 cm³/mol. The van der Waals surface area contributed by atoms with Gasteiger partial charge in [-0.15, -0.1) is 0 Å². The van der Waals surface area contributed by atoms with E-state index in [9.17, 15) is 4.79 Å². The molecular formula is C9H9Cl2NO2. The topological polar surface area (TPSA) is 40.5 Å². The maximum Gasteiger partial charge on any atom is 0.413 e. The summed E-state index contributed by atoms with van der Waals surface area (Å²) in [5, 5.41) is 9.43. The van der Waals surface area contributed by atoms with E-state index in [1.165, 1.54) is 0 Å². The molecule has 1 aromatic rings. The molecule has 14 heavy (non-hydrogen) atoms. The molecule has 0 bridgehead atoms. The third kappa shape index (κ3) is 2.53. The van der Waals surface area contributed by atoms with Crippen LogP contribution in [0.25, 0.3) is 0 Å². The van der Waals surface area contributed by atoms with Gasteiger partial charge >= 0.3 is 6.09 Å². The molecule has 0 aromatic heterocycles. The fourth-order valence-electron chi connectivity index (χ4n) is 1.07. The highest BCUT2D eigenvalue weighted by Gasteiger charge is 2.18. The van der Waals surface area contributed by atoms with E-state index in [2.05, 4.69) is 0 Å². The van der Waals surface area contributed by atoms with E-state index in [1.54, 1.807) is 31.2 Å². The van der Waals surface area contributed by atoms with Gasteiger partial charge < -0.3 is 5.11 Å². The lowest BCUT2D eigenvalue weighted by molar-refractivity contribution is 0.201. The molecule has 1 rings (SSSR count). The number of nitrogens with zero attached hydrogens (tertiary/aromatic N) is 1. The van der Waals surface area contributed by atoms with E-state index >= 15 is 0 Å². The molecule has 0 aliphatic heterocycles. The van der Waals surface area contributed by atoms with Gasteiger partial charge in [-0.3, -0.25) is 4.90 Å². The highest BCUT2D eigenvalue weighted by Crippen LogP contribution is 2.21. The molecule has 0 radical (unpaired) electrons. The number of carboxylic acid groups (broad SMARTS) is 1. The van der Waals surface area contributed by atoms with Crippen LogP contribution in [0.3, 0.4) is 0 Å². The van der Waals surface area contributed by atoms with Crippen molar-refractivity contribution in [2.45, 2.75) is 12.4 Å².